The number of benzene rings is 1. The second-order valence-electron chi connectivity index (χ2n) is 4.27. The van der Waals surface area contributed by atoms with Gasteiger partial charge in [0.1, 0.15) is 11.8 Å². The highest BCUT2D eigenvalue weighted by Crippen LogP contribution is 2.19. The number of carbonyl (C=O) groups excluding carboxylic acids is 2. The van der Waals surface area contributed by atoms with Crippen LogP contribution in [0.15, 0.2) is 29.2 Å². The van der Waals surface area contributed by atoms with Crippen molar-refractivity contribution in [3.8, 4) is 5.75 Å². The van der Waals surface area contributed by atoms with Gasteiger partial charge in [-0.25, -0.2) is 18.0 Å². The van der Waals surface area contributed by atoms with Crippen LogP contribution in [-0.4, -0.2) is 45.4 Å². The molecule has 0 aliphatic carbocycles. The highest BCUT2D eigenvalue weighted by molar-refractivity contribution is 7.91. The Kier molecular flexibility index (Phi) is 5.72. The minimum Gasteiger partial charge on any atom is -0.497 e. The van der Waals surface area contributed by atoms with Gasteiger partial charge in [-0.3, -0.25) is 0 Å². The van der Waals surface area contributed by atoms with Crippen molar-refractivity contribution in [1.29, 1.82) is 0 Å². The molecule has 128 valence electrons. The second-order valence-corrected chi connectivity index (χ2v) is 6.30. The highest BCUT2D eigenvalue weighted by Gasteiger charge is 2.43. The Hall–Kier alpha value is -2.14. The number of esters is 2. The summed E-state index contributed by atoms with van der Waals surface area (Å²) in [6.45, 7) is 0. The molecule has 0 amide bonds. The van der Waals surface area contributed by atoms with Crippen LogP contribution >= 0.6 is 0 Å². The topological polar surface area (TPSA) is 113 Å². The number of halogens is 3. The van der Waals surface area contributed by atoms with E-state index in [4.69, 9.17) is 10.5 Å². The van der Waals surface area contributed by atoms with E-state index in [0.717, 1.165) is 0 Å². The third-order valence-corrected chi connectivity index (χ3v) is 4.33. The van der Waals surface area contributed by atoms with Gasteiger partial charge in [-0.2, -0.15) is 13.2 Å². The summed E-state index contributed by atoms with van der Waals surface area (Å²) in [7, 11) is -2.71. The van der Waals surface area contributed by atoms with Crippen molar-refractivity contribution in [2.24, 2.45) is 5.73 Å². The first-order valence-corrected chi connectivity index (χ1v) is 7.58. The quantitative estimate of drug-likeness (QED) is 0.602. The van der Waals surface area contributed by atoms with Crippen LogP contribution in [0.1, 0.15) is 0 Å². The molecule has 0 bridgehead atoms. The van der Waals surface area contributed by atoms with Crippen LogP contribution in [0.3, 0.4) is 0 Å². The van der Waals surface area contributed by atoms with Crippen LogP contribution in [0.2, 0.25) is 0 Å². The second kappa shape index (κ2) is 6.96. The van der Waals surface area contributed by atoms with E-state index in [9.17, 15) is 31.2 Å². The maximum atomic E-state index is 12.0. The molecule has 0 fully saturated rings. The molecule has 0 aliphatic rings. The van der Waals surface area contributed by atoms with Gasteiger partial charge in [-0.15, -0.1) is 0 Å². The molecule has 2 N–H and O–H groups in total. The first kappa shape index (κ1) is 18.9. The minimum atomic E-state index is -5.38. The molecule has 0 heterocycles. The Morgan fingerprint density at radius 3 is 2.17 bits per heavy atom. The SMILES string of the molecule is COc1ccc(S(=O)(=O)CC(N)C(=O)OC(=O)C(F)(F)F)cc1. The van der Waals surface area contributed by atoms with E-state index in [2.05, 4.69) is 4.74 Å². The van der Waals surface area contributed by atoms with Gasteiger partial charge in [-0.05, 0) is 24.3 Å². The number of nitrogens with two attached hydrogens (primary N) is 1. The van der Waals surface area contributed by atoms with Crippen molar-refractivity contribution >= 4 is 21.8 Å². The summed E-state index contributed by atoms with van der Waals surface area (Å²) in [6.07, 6.45) is -5.38. The van der Waals surface area contributed by atoms with Gasteiger partial charge in [0.15, 0.2) is 9.84 Å². The fourth-order valence-electron chi connectivity index (χ4n) is 1.41. The van der Waals surface area contributed by atoms with Crippen molar-refractivity contribution in [2.45, 2.75) is 17.1 Å². The molecular weight excluding hydrogens is 343 g/mol. The van der Waals surface area contributed by atoms with Gasteiger partial charge in [0.2, 0.25) is 0 Å². The zero-order valence-electron chi connectivity index (χ0n) is 11.7. The molecule has 0 aromatic heterocycles. The summed E-state index contributed by atoms with van der Waals surface area (Å²) in [5, 5.41) is 0. The summed E-state index contributed by atoms with van der Waals surface area (Å²) in [4.78, 5) is 21.5. The lowest BCUT2D eigenvalue weighted by Crippen LogP contribution is -2.41. The Morgan fingerprint density at radius 1 is 1.22 bits per heavy atom. The van der Waals surface area contributed by atoms with Crippen molar-refractivity contribution in [2.75, 3.05) is 12.9 Å². The highest BCUT2D eigenvalue weighted by atomic mass is 32.2. The lowest BCUT2D eigenvalue weighted by atomic mass is 10.3. The zero-order chi connectivity index (χ0) is 17.8. The van der Waals surface area contributed by atoms with Gasteiger partial charge in [0.05, 0.1) is 17.8 Å². The molecule has 1 aromatic carbocycles. The Balaban J connectivity index is 2.79. The standard InChI is InChI=1S/C12H12F3NO6S/c1-21-7-2-4-8(5-3-7)23(19,20)6-9(16)10(17)22-11(18)12(13,14)15/h2-5,9H,6,16H2,1H3. The molecule has 0 aliphatic heterocycles. The van der Waals surface area contributed by atoms with Crippen LogP contribution in [0, 0.1) is 0 Å². The van der Waals surface area contributed by atoms with E-state index >= 15 is 0 Å². The predicted octanol–water partition coefficient (Wildman–Crippen LogP) is 0.428. The van der Waals surface area contributed by atoms with Gasteiger partial charge in [-0.1, -0.05) is 0 Å². The monoisotopic (exact) mass is 355 g/mol. The molecular formula is C12H12F3NO6S. The van der Waals surface area contributed by atoms with E-state index in [0.29, 0.717) is 5.75 Å². The summed E-state index contributed by atoms with van der Waals surface area (Å²) in [6, 6.07) is 3.07. The minimum absolute atomic E-state index is 0.219. The number of methoxy groups -OCH3 is 1. The van der Waals surface area contributed by atoms with E-state index < -0.39 is 39.7 Å². The van der Waals surface area contributed by atoms with Crippen molar-refractivity contribution in [1.82, 2.24) is 0 Å². The van der Waals surface area contributed by atoms with Gasteiger partial charge < -0.3 is 15.2 Å². The van der Waals surface area contributed by atoms with Crippen molar-refractivity contribution in [3.63, 3.8) is 0 Å². The third-order valence-electron chi connectivity index (χ3n) is 2.55. The van der Waals surface area contributed by atoms with E-state index in [1.165, 1.54) is 31.4 Å². The average Bonchev–Trinajstić information content (AvgIpc) is 2.45. The number of rotatable bonds is 5. The van der Waals surface area contributed by atoms with E-state index in [1.807, 2.05) is 0 Å². The Bertz CT molecular complexity index is 684. The van der Waals surface area contributed by atoms with E-state index in [-0.39, 0.29) is 4.90 Å². The molecule has 11 heteroatoms. The number of hydrogen-bond acceptors (Lipinski definition) is 7. The predicted molar refractivity (Wildman–Crippen MR) is 70.2 cm³/mol. The summed E-state index contributed by atoms with van der Waals surface area (Å²) >= 11 is 0. The smallest absolute Gasteiger partial charge is 0.491 e. The molecule has 1 unspecified atom stereocenters. The fraction of sp³-hybridized carbons (Fsp3) is 0.333. The van der Waals surface area contributed by atoms with Crippen molar-refractivity contribution in [3.05, 3.63) is 24.3 Å². The van der Waals surface area contributed by atoms with Crippen LogP contribution in [0.5, 0.6) is 5.75 Å². The largest absolute Gasteiger partial charge is 0.497 e. The third kappa shape index (κ3) is 5.21. The van der Waals surface area contributed by atoms with E-state index in [1.54, 1.807) is 0 Å². The van der Waals surface area contributed by atoms with Crippen LogP contribution in [0.25, 0.3) is 0 Å². The molecule has 0 radical (unpaired) electrons. The number of alkyl halides is 3. The molecule has 1 rings (SSSR count). The average molecular weight is 355 g/mol. The first-order valence-electron chi connectivity index (χ1n) is 5.92. The molecule has 23 heavy (non-hydrogen) atoms. The lowest BCUT2D eigenvalue weighted by molar-refractivity contribution is -0.202. The lowest BCUT2D eigenvalue weighted by Gasteiger charge is -2.12. The zero-order valence-corrected chi connectivity index (χ0v) is 12.5. The van der Waals surface area contributed by atoms with Crippen molar-refractivity contribution < 1.29 is 40.7 Å². The van der Waals surface area contributed by atoms with Gasteiger partial charge >= 0.3 is 18.1 Å². The molecule has 7 nitrogen and oxygen atoms in total. The van der Waals surface area contributed by atoms with Gasteiger partial charge in [0.25, 0.3) is 0 Å². The molecule has 1 atom stereocenters. The number of carbonyl (C=O) groups is 2. The van der Waals surface area contributed by atoms with Crippen LogP contribution < -0.4 is 10.5 Å². The fourth-order valence-corrected chi connectivity index (χ4v) is 2.76. The molecule has 0 saturated heterocycles. The molecule has 0 spiro atoms. The number of hydrogen-bond donors (Lipinski definition) is 1. The normalized spacial score (nSPS) is 13.3. The van der Waals surface area contributed by atoms with Crippen LogP contribution in [-0.2, 0) is 24.2 Å². The maximum absolute atomic E-state index is 12.0. The van der Waals surface area contributed by atoms with Gasteiger partial charge in [0, 0.05) is 0 Å². The maximum Gasteiger partial charge on any atom is 0.491 e. The summed E-state index contributed by atoms with van der Waals surface area (Å²) < 4.78 is 68.2. The Labute approximate surface area is 129 Å². The molecule has 1 aromatic rings. The molecule has 0 saturated carbocycles. The summed E-state index contributed by atoms with van der Waals surface area (Å²) in [5.74, 6) is -5.20. The van der Waals surface area contributed by atoms with Crippen LogP contribution in [0.4, 0.5) is 13.2 Å². The number of sulfone groups is 1. The first-order chi connectivity index (χ1) is 10.5. The summed E-state index contributed by atoms with van der Waals surface area (Å²) in [5.41, 5.74) is 5.19. The number of ether oxygens (including phenoxy) is 2. The Morgan fingerprint density at radius 2 is 1.74 bits per heavy atom.